The summed E-state index contributed by atoms with van der Waals surface area (Å²) in [6.07, 6.45) is 1.67. The molecule has 0 aliphatic heterocycles. The summed E-state index contributed by atoms with van der Waals surface area (Å²) in [5.74, 6) is 0.357. The number of hydrogen-bond donors (Lipinski definition) is 0. The third-order valence-corrected chi connectivity index (χ3v) is 2.87. The maximum absolute atomic E-state index is 12.3. The molecule has 0 spiro atoms. The van der Waals surface area contributed by atoms with Crippen LogP contribution in [0.15, 0.2) is 30.5 Å². The SMILES string of the molecule is COc1cnc(C(=O)Cc2ccc(C)cc2)c(OC)n1. The third kappa shape index (κ3) is 3.12. The van der Waals surface area contributed by atoms with E-state index >= 15 is 0 Å². The van der Waals surface area contributed by atoms with Crippen molar-refractivity contribution in [2.75, 3.05) is 14.2 Å². The molecule has 2 rings (SSSR count). The molecule has 20 heavy (non-hydrogen) atoms. The van der Waals surface area contributed by atoms with Crippen LogP contribution in [0.3, 0.4) is 0 Å². The predicted molar refractivity (Wildman–Crippen MR) is 74.3 cm³/mol. The molecule has 1 heterocycles. The van der Waals surface area contributed by atoms with Gasteiger partial charge in [0.1, 0.15) is 0 Å². The van der Waals surface area contributed by atoms with E-state index in [9.17, 15) is 4.79 Å². The van der Waals surface area contributed by atoms with Gasteiger partial charge < -0.3 is 9.47 Å². The zero-order valence-electron chi connectivity index (χ0n) is 11.7. The highest BCUT2D eigenvalue weighted by molar-refractivity contribution is 5.97. The number of benzene rings is 1. The van der Waals surface area contributed by atoms with Crippen molar-refractivity contribution in [2.45, 2.75) is 13.3 Å². The van der Waals surface area contributed by atoms with Gasteiger partial charge in [0.2, 0.25) is 11.8 Å². The molecule has 0 aliphatic rings. The molecule has 0 radical (unpaired) electrons. The van der Waals surface area contributed by atoms with Gasteiger partial charge in [0.25, 0.3) is 0 Å². The highest BCUT2D eigenvalue weighted by Crippen LogP contribution is 2.18. The van der Waals surface area contributed by atoms with Crippen LogP contribution >= 0.6 is 0 Å². The lowest BCUT2D eigenvalue weighted by atomic mass is 10.1. The molecule has 5 heteroatoms. The first-order valence-electron chi connectivity index (χ1n) is 6.18. The normalized spacial score (nSPS) is 10.2. The molecule has 2 aromatic rings. The van der Waals surface area contributed by atoms with E-state index in [1.165, 1.54) is 20.4 Å². The van der Waals surface area contributed by atoms with Crippen LogP contribution in [0.4, 0.5) is 0 Å². The van der Waals surface area contributed by atoms with Gasteiger partial charge in [-0.3, -0.25) is 4.79 Å². The number of aryl methyl sites for hydroxylation is 1. The molecule has 1 aromatic carbocycles. The van der Waals surface area contributed by atoms with Crippen molar-refractivity contribution in [3.63, 3.8) is 0 Å². The monoisotopic (exact) mass is 272 g/mol. The van der Waals surface area contributed by atoms with Crippen LogP contribution in [0.5, 0.6) is 11.8 Å². The average molecular weight is 272 g/mol. The molecule has 104 valence electrons. The summed E-state index contributed by atoms with van der Waals surface area (Å²) in [4.78, 5) is 20.4. The molecule has 0 amide bonds. The first-order chi connectivity index (χ1) is 9.63. The van der Waals surface area contributed by atoms with Crippen LogP contribution in [0.1, 0.15) is 21.6 Å². The van der Waals surface area contributed by atoms with E-state index in [0.717, 1.165) is 11.1 Å². The van der Waals surface area contributed by atoms with Crippen LogP contribution in [0.2, 0.25) is 0 Å². The second kappa shape index (κ2) is 6.14. The number of rotatable bonds is 5. The van der Waals surface area contributed by atoms with Gasteiger partial charge in [0.15, 0.2) is 11.5 Å². The number of ketones is 1. The summed E-state index contributed by atoms with van der Waals surface area (Å²) in [7, 11) is 2.93. The molecule has 0 unspecified atom stereocenters. The molecular formula is C15H16N2O3. The van der Waals surface area contributed by atoms with Gasteiger partial charge in [-0.1, -0.05) is 29.8 Å². The lowest BCUT2D eigenvalue weighted by molar-refractivity contribution is 0.0984. The van der Waals surface area contributed by atoms with Crippen molar-refractivity contribution < 1.29 is 14.3 Å². The molecule has 1 aromatic heterocycles. The van der Waals surface area contributed by atoms with Crippen LogP contribution < -0.4 is 9.47 Å². The fraction of sp³-hybridized carbons (Fsp3) is 0.267. The van der Waals surface area contributed by atoms with E-state index in [1.54, 1.807) is 0 Å². The minimum Gasteiger partial charge on any atom is -0.480 e. The summed E-state index contributed by atoms with van der Waals surface area (Å²) in [6.45, 7) is 2.00. The molecule has 5 nitrogen and oxygen atoms in total. The first-order valence-corrected chi connectivity index (χ1v) is 6.18. The number of Topliss-reactive ketones (excluding diaryl/α,β-unsaturated/α-hetero) is 1. The summed E-state index contributed by atoms with van der Waals surface area (Å²) in [6, 6.07) is 7.80. The Balaban J connectivity index is 2.22. The fourth-order valence-electron chi connectivity index (χ4n) is 1.76. The maximum atomic E-state index is 12.3. The van der Waals surface area contributed by atoms with E-state index < -0.39 is 0 Å². The molecule has 0 bridgehead atoms. The minimum absolute atomic E-state index is 0.138. The summed E-state index contributed by atoms with van der Waals surface area (Å²) < 4.78 is 10.0. The van der Waals surface area contributed by atoms with Gasteiger partial charge in [-0.2, -0.15) is 4.98 Å². The van der Waals surface area contributed by atoms with Gasteiger partial charge in [0.05, 0.1) is 20.4 Å². The van der Waals surface area contributed by atoms with Crippen LogP contribution in [0.25, 0.3) is 0 Å². The van der Waals surface area contributed by atoms with E-state index in [0.29, 0.717) is 5.88 Å². The van der Waals surface area contributed by atoms with Gasteiger partial charge >= 0.3 is 0 Å². The maximum Gasteiger partial charge on any atom is 0.246 e. The fourth-order valence-corrected chi connectivity index (χ4v) is 1.76. The van der Waals surface area contributed by atoms with Crippen molar-refractivity contribution in [2.24, 2.45) is 0 Å². The lowest BCUT2D eigenvalue weighted by Crippen LogP contribution is -2.10. The van der Waals surface area contributed by atoms with Gasteiger partial charge in [0, 0.05) is 6.42 Å². The number of methoxy groups -OCH3 is 2. The molecule has 0 atom stereocenters. The average Bonchev–Trinajstić information content (AvgIpc) is 2.48. The molecule has 0 saturated heterocycles. The number of hydrogen-bond acceptors (Lipinski definition) is 5. The highest BCUT2D eigenvalue weighted by atomic mass is 16.5. The zero-order valence-corrected chi connectivity index (χ0v) is 11.7. The third-order valence-electron chi connectivity index (χ3n) is 2.87. The Morgan fingerprint density at radius 1 is 1.15 bits per heavy atom. The number of nitrogens with zero attached hydrogens (tertiary/aromatic N) is 2. The van der Waals surface area contributed by atoms with Crippen molar-refractivity contribution >= 4 is 5.78 Å². The molecule has 0 fully saturated rings. The number of ether oxygens (including phenoxy) is 2. The van der Waals surface area contributed by atoms with E-state index in [4.69, 9.17) is 9.47 Å². The Labute approximate surface area is 117 Å². The summed E-state index contributed by atoms with van der Waals surface area (Å²) in [5.41, 5.74) is 2.30. The Morgan fingerprint density at radius 3 is 2.45 bits per heavy atom. The van der Waals surface area contributed by atoms with Gasteiger partial charge in [-0.05, 0) is 12.5 Å². The summed E-state index contributed by atoms with van der Waals surface area (Å²) in [5, 5.41) is 0. The van der Waals surface area contributed by atoms with Crippen LogP contribution in [0, 0.1) is 6.92 Å². The highest BCUT2D eigenvalue weighted by Gasteiger charge is 2.17. The zero-order chi connectivity index (χ0) is 14.5. The number of aromatic nitrogens is 2. The van der Waals surface area contributed by atoms with Gasteiger partial charge in [-0.25, -0.2) is 4.98 Å². The largest absolute Gasteiger partial charge is 0.480 e. The van der Waals surface area contributed by atoms with Crippen molar-refractivity contribution in [3.05, 3.63) is 47.3 Å². The molecule has 0 N–H and O–H groups in total. The summed E-state index contributed by atoms with van der Waals surface area (Å²) >= 11 is 0. The van der Waals surface area contributed by atoms with Crippen LogP contribution in [-0.4, -0.2) is 30.0 Å². The van der Waals surface area contributed by atoms with E-state index in [2.05, 4.69) is 9.97 Å². The predicted octanol–water partition coefficient (Wildman–Crippen LogP) is 2.23. The van der Waals surface area contributed by atoms with Gasteiger partial charge in [-0.15, -0.1) is 0 Å². The molecular weight excluding hydrogens is 256 g/mol. The molecule has 0 aliphatic carbocycles. The second-order valence-corrected chi connectivity index (χ2v) is 4.36. The minimum atomic E-state index is -0.138. The van der Waals surface area contributed by atoms with Crippen molar-refractivity contribution in [1.82, 2.24) is 9.97 Å². The van der Waals surface area contributed by atoms with E-state index in [-0.39, 0.29) is 23.8 Å². The Morgan fingerprint density at radius 2 is 1.85 bits per heavy atom. The Bertz CT molecular complexity index is 609. The van der Waals surface area contributed by atoms with E-state index in [1.807, 2.05) is 31.2 Å². The Hall–Kier alpha value is -2.43. The van der Waals surface area contributed by atoms with Crippen LogP contribution in [-0.2, 0) is 6.42 Å². The lowest BCUT2D eigenvalue weighted by Gasteiger charge is -2.07. The Kier molecular flexibility index (Phi) is 4.30. The standard InChI is InChI=1S/C15H16N2O3/c1-10-4-6-11(7-5-10)8-12(18)14-15(20-3)17-13(19-2)9-16-14/h4-7,9H,8H2,1-3H3. The topological polar surface area (TPSA) is 61.3 Å². The van der Waals surface area contributed by atoms with Crippen molar-refractivity contribution in [3.8, 4) is 11.8 Å². The number of carbonyl (C=O) groups is 1. The van der Waals surface area contributed by atoms with Crippen molar-refractivity contribution in [1.29, 1.82) is 0 Å². The number of carbonyl (C=O) groups excluding carboxylic acids is 1. The smallest absolute Gasteiger partial charge is 0.246 e. The first kappa shape index (κ1) is 14.0. The quantitative estimate of drug-likeness (QED) is 0.781. The second-order valence-electron chi connectivity index (χ2n) is 4.36. The molecule has 0 saturated carbocycles.